The average Bonchev–Trinajstić information content (AvgIpc) is 2.82. The summed E-state index contributed by atoms with van der Waals surface area (Å²) in [6.07, 6.45) is 2.88. The van der Waals surface area contributed by atoms with Crippen molar-refractivity contribution in [2.75, 3.05) is 19.6 Å². The van der Waals surface area contributed by atoms with Crippen molar-refractivity contribution in [1.82, 2.24) is 10.6 Å². The summed E-state index contributed by atoms with van der Waals surface area (Å²) in [6.45, 7) is 2.15. The Labute approximate surface area is 72.9 Å². The van der Waals surface area contributed by atoms with Gasteiger partial charge < -0.3 is 16.4 Å². The van der Waals surface area contributed by atoms with Crippen molar-refractivity contribution >= 4 is 5.91 Å². The molecule has 4 nitrogen and oxygen atoms in total. The topological polar surface area (TPSA) is 67.1 Å². The molecule has 0 atom stereocenters. The van der Waals surface area contributed by atoms with Crippen LogP contribution in [0.3, 0.4) is 0 Å². The maximum atomic E-state index is 11.1. The van der Waals surface area contributed by atoms with Crippen LogP contribution in [-0.4, -0.2) is 31.6 Å². The molecule has 4 N–H and O–H groups in total. The first-order valence-electron chi connectivity index (χ1n) is 4.53. The fourth-order valence-corrected chi connectivity index (χ4v) is 0.956. The molecule has 0 unspecified atom stereocenters. The molecule has 0 spiro atoms. The van der Waals surface area contributed by atoms with E-state index in [2.05, 4.69) is 10.6 Å². The van der Waals surface area contributed by atoms with Crippen molar-refractivity contribution in [3.8, 4) is 0 Å². The maximum Gasteiger partial charge on any atom is 0.221 e. The predicted octanol–water partition coefficient (Wildman–Crippen LogP) is -0.797. The molecule has 4 heteroatoms. The average molecular weight is 171 g/mol. The van der Waals surface area contributed by atoms with Crippen LogP contribution in [0.25, 0.3) is 0 Å². The van der Waals surface area contributed by atoms with Gasteiger partial charge in [0, 0.05) is 32.1 Å². The van der Waals surface area contributed by atoms with E-state index in [1.807, 2.05) is 0 Å². The van der Waals surface area contributed by atoms with E-state index in [0.717, 1.165) is 25.9 Å². The van der Waals surface area contributed by atoms with Crippen molar-refractivity contribution in [3.63, 3.8) is 0 Å². The van der Waals surface area contributed by atoms with E-state index < -0.39 is 0 Å². The SMILES string of the molecule is NCCNCCC(=O)NC1CC1. The second-order valence-electron chi connectivity index (χ2n) is 3.13. The number of hydrogen-bond acceptors (Lipinski definition) is 3. The molecule has 0 aromatic carbocycles. The first-order chi connectivity index (χ1) is 5.83. The molecule has 0 aromatic rings. The van der Waals surface area contributed by atoms with Gasteiger partial charge in [-0.25, -0.2) is 0 Å². The van der Waals surface area contributed by atoms with E-state index >= 15 is 0 Å². The van der Waals surface area contributed by atoms with E-state index in [0.29, 0.717) is 19.0 Å². The Bertz CT molecular complexity index is 145. The molecule has 1 fully saturated rings. The normalized spacial score (nSPS) is 16.1. The quantitative estimate of drug-likeness (QED) is 0.458. The predicted molar refractivity (Wildman–Crippen MR) is 47.7 cm³/mol. The highest BCUT2D eigenvalue weighted by molar-refractivity contribution is 5.76. The lowest BCUT2D eigenvalue weighted by Crippen LogP contribution is -2.30. The number of nitrogens with one attached hydrogen (secondary N) is 2. The molecule has 70 valence electrons. The van der Waals surface area contributed by atoms with Crippen molar-refractivity contribution in [3.05, 3.63) is 0 Å². The second-order valence-corrected chi connectivity index (χ2v) is 3.13. The molecule has 0 radical (unpaired) electrons. The number of hydrogen-bond donors (Lipinski definition) is 3. The van der Waals surface area contributed by atoms with E-state index in [4.69, 9.17) is 5.73 Å². The van der Waals surface area contributed by atoms with Gasteiger partial charge in [-0.2, -0.15) is 0 Å². The van der Waals surface area contributed by atoms with Gasteiger partial charge in [-0.15, -0.1) is 0 Å². The summed E-state index contributed by atoms with van der Waals surface area (Å²) in [4.78, 5) is 11.1. The number of rotatable bonds is 6. The van der Waals surface area contributed by atoms with Crippen LogP contribution in [0.15, 0.2) is 0 Å². The standard InChI is InChI=1S/C8H17N3O/c9-4-6-10-5-3-8(12)11-7-1-2-7/h7,10H,1-6,9H2,(H,11,12). The lowest BCUT2D eigenvalue weighted by Gasteiger charge is -2.03. The summed E-state index contributed by atoms with van der Waals surface area (Å²) in [5.41, 5.74) is 5.27. The van der Waals surface area contributed by atoms with Crippen LogP contribution in [0.4, 0.5) is 0 Å². The largest absolute Gasteiger partial charge is 0.353 e. The highest BCUT2D eigenvalue weighted by Gasteiger charge is 2.22. The van der Waals surface area contributed by atoms with Gasteiger partial charge in [0.25, 0.3) is 0 Å². The van der Waals surface area contributed by atoms with Crippen molar-refractivity contribution in [1.29, 1.82) is 0 Å². The van der Waals surface area contributed by atoms with Gasteiger partial charge in [-0.05, 0) is 12.8 Å². The number of carbonyl (C=O) groups excluding carboxylic acids is 1. The third-order valence-electron chi connectivity index (χ3n) is 1.79. The van der Waals surface area contributed by atoms with E-state index in [1.54, 1.807) is 0 Å². The van der Waals surface area contributed by atoms with Crippen molar-refractivity contribution < 1.29 is 4.79 Å². The van der Waals surface area contributed by atoms with Gasteiger partial charge in [0.1, 0.15) is 0 Å². The molecule has 1 aliphatic rings. The maximum absolute atomic E-state index is 11.1. The third-order valence-corrected chi connectivity index (χ3v) is 1.79. The Morgan fingerprint density at radius 1 is 1.42 bits per heavy atom. The Kier molecular flexibility index (Phi) is 4.04. The first-order valence-corrected chi connectivity index (χ1v) is 4.53. The van der Waals surface area contributed by atoms with Gasteiger partial charge >= 0.3 is 0 Å². The smallest absolute Gasteiger partial charge is 0.221 e. The second kappa shape index (κ2) is 5.11. The van der Waals surface area contributed by atoms with Crippen LogP contribution >= 0.6 is 0 Å². The highest BCUT2D eigenvalue weighted by Crippen LogP contribution is 2.18. The van der Waals surface area contributed by atoms with Gasteiger partial charge in [-0.3, -0.25) is 4.79 Å². The van der Waals surface area contributed by atoms with E-state index in [9.17, 15) is 4.79 Å². The molecule has 1 rings (SSSR count). The molecular formula is C8H17N3O. The molecule has 1 saturated carbocycles. The summed E-state index contributed by atoms with van der Waals surface area (Å²) in [6, 6.07) is 0.479. The van der Waals surface area contributed by atoms with Crippen LogP contribution in [0.5, 0.6) is 0 Å². The molecule has 1 amide bonds. The van der Waals surface area contributed by atoms with Crippen molar-refractivity contribution in [2.24, 2.45) is 5.73 Å². The van der Waals surface area contributed by atoms with Crippen LogP contribution < -0.4 is 16.4 Å². The van der Waals surface area contributed by atoms with Gasteiger partial charge in [0.2, 0.25) is 5.91 Å². The number of amides is 1. The van der Waals surface area contributed by atoms with Gasteiger partial charge in [-0.1, -0.05) is 0 Å². The zero-order valence-corrected chi connectivity index (χ0v) is 7.31. The minimum atomic E-state index is 0.155. The van der Waals surface area contributed by atoms with E-state index in [-0.39, 0.29) is 5.91 Å². The third kappa shape index (κ3) is 4.31. The highest BCUT2D eigenvalue weighted by atomic mass is 16.1. The van der Waals surface area contributed by atoms with Crippen LogP contribution in [0, 0.1) is 0 Å². The summed E-state index contributed by atoms with van der Waals surface area (Å²) in [7, 11) is 0. The molecular weight excluding hydrogens is 154 g/mol. The van der Waals surface area contributed by atoms with E-state index in [1.165, 1.54) is 0 Å². The van der Waals surface area contributed by atoms with Crippen LogP contribution in [-0.2, 0) is 4.79 Å². The summed E-state index contributed by atoms with van der Waals surface area (Å²) < 4.78 is 0. The Balaban J connectivity index is 1.87. The molecule has 0 saturated heterocycles. The van der Waals surface area contributed by atoms with Crippen LogP contribution in [0.2, 0.25) is 0 Å². The Morgan fingerprint density at radius 3 is 2.75 bits per heavy atom. The zero-order valence-electron chi connectivity index (χ0n) is 7.31. The van der Waals surface area contributed by atoms with Gasteiger partial charge in [0.15, 0.2) is 0 Å². The molecule has 12 heavy (non-hydrogen) atoms. The fourth-order valence-electron chi connectivity index (χ4n) is 0.956. The summed E-state index contributed by atoms with van der Waals surface area (Å²) in [5.74, 6) is 0.155. The van der Waals surface area contributed by atoms with Crippen LogP contribution in [0.1, 0.15) is 19.3 Å². The lowest BCUT2D eigenvalue weighted by atomic mass is 10.4. The Morgan fingerprint density at radius 2 is 2.17 bits per heavy atom. The first kappa shape index (κ1) is 9.48. The van der Waals surface area contributed by atoms with Crippen molar-refractivity contribution in [2.45, 2.75) is 25.3 Å². The lowest BCUT2D eigenvalue weighted by molar-refractivity contribution is -0.121. The van der Waals surface area contributed by atoms with Gasteiger partial charge in [0.05, 0.1) is 0 Å². The molecule has 0 aromatic heterocycles. The molecule has 1 aliphatic carbocycles. The summed E-state index contributed by atoms with van der Waals surface area (Å²) >= 11 is 0. The zero-order chi connectivity index (χ0) is 8.81. The fraction of sp³-hybridized carbons (Fsp3) is 0.875. The summed E-state index contributed by atoms with van der Waals surface area (Å²) in [5, 5.41) is 5.99. The minimum Gasteiger partial charge on any atom is -0.353 e. The minimum absolute atomic E-state index is 0.155. The number of nitrogens with two attached hydrogens (primary N) is 1. The number of carbonyl (C=O) groups is 1. The Hall–Kier alpha value is -0.610. The monoisotopic (exact) mass is 171 g/mol. The molecule has 0 aliphatic heterocycles. The molecule has 0 bridgehead atoms. The molecule has 0 heterocycles.